The SMILES string of the molecule is COc1ccc(C(=O)O)cc1NC(=O)C(=Cc1c(F)cccc1Cl)NC(=O)c1ccccc1. The van der Waals surface area contributed by atoms with Crippen LogP contribution in [0.4, 0.5) is 10.1 Å². The Labute approximate surface area is 193 Å². The van der Waals surface area contributed by atoms with Gasteiger partial charge in [0.25, 0.3) is 11.8 Å². The standard InChI is InChI=1S/C24H18ClFN2O5/c1-33-21-11-10-15(24(31)32)12-19(21)27-23(30)20(13-16-17(25)8-5-9-18(16)26)28-22(29)14-6-3-2-4-7-14/h2-13H,1H3,(H,27,30)(H,28,29)(H,31,32). The van der Waals surface area contributed by atoms with Crippen LogP contribution >= 0.6 is 11.6 Å². The van der Waals surface area contributed by atoms with Crippen molar-refractivity contribution in [3.05, 3.63) is 100.0 Å². The Morgan fingerprint density at radius 3 is 2.36 bits per heavy atom. The van der Waals surface area contributed by atoms with Gasteiger partial charge in [0.05, 0.1) is 23.4 Å². The zero-order chi connectivity index (χ0) is 24.0. The van der Waals surface area contributed by atoms with Crippen molar-refractivity contribution < 1.29 is 28.6 Å². The Hall–Kier alpha value is -4.17. The molecular formula is C24H18ClFN2O5. The van der Waals surface area contributed by atoms with E-state index < -0.39 is 23.6 Å². The zero-order valence-corrected chi connectivity index (χ0v) is 18.0. The second-order valence-electron chi connectivity index (χ2n) is 6.69. The minimum atomic E-state index is -1.21. The van der Waals surface area contributed by atoms with E-state index in [9.17, 15) is 23.9 Å². The molecule has 3 rings (SSSR count). The molecule has 0 heterocycles. The number of carboxylic acids is 1. The molecule has 9 heteroatoms. The Bertz CT molecular complexity index is 1220. The number of carbonyl (C=O) groups excluding carboxylic acids is 2. The summed E-state index contributed by atoms with van der Waals surface area (Å²) in [6, 6.07) is 16.0. The molecule has 0 bridgehead atoms. The third-order valence-corrected chi connectivity index (χ3v) is 4.84. The van der Waals surface area contributed by atoms with Gasteiger partial charge in [-0.25, -0.2) is 9.18 Å². The van der Waals surface area contributed by atoms with Crippen molar-refractivity contribution in [3.8, 4) is 5.75 Å². The molecule has 0 aliphatic heterocycles. The monoisotopic (exact) mass is 468 g/mol. The average Bonchev–Trinajstić information content (AvgIpc) is 2.81. The van der Waals surface area contributed by atoms with Crippen LogP contribution in [0.1, 0.15) is 26.3 Å². The van der Waals surface area contributed by atoms with Gasteiger partial charge < -0.3 is 20.5 Å². The zero-order valence-electron chi connectivity index (χ0n) is 17.3. The quantitative estimate of drug-likeness (QED) is 0.440. The fraction of sp³-hybridized carbons (Fsp3) is 0.0417. The molecule has 0 radical (unpaired) electrons. The van der Waals surface area contributed by atoms with Crippen molar-refractivity contribution in [2.45, 2.75) is 0 Å². The molecule has 3 aromatic rings. The smallest absolute Gasteiger partial charge is 0.335 e. The molecule has 0 aromatic heterocycles. The lowest BCUT2D eigenvalue weighted by atomic mass is 10.1. The fourth-order valence-corrected chi connectivity index (χ4v) is 3.08. The van der Waals surface area contributed by atoms with E-state index in [0.29, 0.717) is 0 Å². The van der Waals surface area contributed by atoms with Gasteiger partial charge in [-0.1, -0.05) is 35.9 Å². The van der Waals surface area contributed by atoms with Gasteiger partial charge in [-0.3, -0.25) is 9.59 Å². The lowest BCUT2D eigenvalue weighted by Gasteiger charge is -2.14. The first kappa shape index (κ1) is 23.5. The lowest BCUT2D eigenvalue weighted by molar-refractivity contribution is -0.113. The van der Waals surface area contributed by atoms with Gasteiger partial charge in [0, 0.05) is 11.1 Å². The summed E-state index contributed by atoms with van der Waals surface area (Å²) in [4.78, 5) is 37.1. The molecule has 33 heavy (non-hydrogen) atoms. The highest BCUT2D eigenvalue weighted by Crippen LogP contribution is 2.27. The number of hydrogen-bond donors (Lipinski definition) is 3. The van der Waals surface area contributed by atoms with Crippen molar-refractivity contribution in [3.63, 3.8) is 0 Å². The average molecular weight is 469 g/mol. The van der Waals surface area contributed by atoms with E-state index in [2.05, 4.69) is 10.6 Å². The number of carbonyl (C=O) groups is 3. The molecule has 0 unspecified atom stereocenters. The number of halogens is 2. The molecule has 3 aromatic carbocycles. The summed E-state index contributed by atoms with van der Waals surface area (Å²) >= 11 is 6.08. The minimum absolute atomic E-state index is 0.0275. The van der Waals surface area contributed by atoms with E-state index in [4.69, 9.17) is 16.3 Å². The molecule has 0 saturated heterocycles. The number of amides is 2. The second-order valence-corrected chi connectivity index (χ2v) is 7.10. The Balaban J connectivity index is 2.01. The van der Waals surface area contributed by atoms with Gasteiger partial charge in [-0.15, -0.1) is 0 Å². The van der Waals surface area contributed by atoms with E-state index in [1.165, 1.54) is 37.4 Å². The van der Waals surface area contributed by atoms with E-state index in [1.807, 2.05) is 0 Å². The number of hydrogen-bond acceptors (Lipinski definition) is 4. The summed E-state index contributed by atoms with van der Waals surface area (Å²) in [5, 5.41) is 14.2. The number of methoxy groups -OCH3 is 1. The van der Waals surface area contributed by atoms with Crippen molar-refractivity contribution in [1.82, 2.24) is 5.32 Å². The van der Waals surface area contributed by atoms with E-state index >= 15 is 0 Å². The molecule has 0 fully saturated rings. The molecule has 0 aliphatic rings. The second kappa shape index (κ2) is 10.4. The predicted molar refractivity (Wildman–Crippen MR) is 122 cm³/mol. The van der Waals surface area contributed by atoms with Crippen molar-refractivity contribution in [1.29, 1.82) is 0 Å². The summed E-state index contributed by atoms with van der Waals surface area (Å²) in [6.45, 7) is 0. The number of nitrogens with one attached hydrogen (secondary N) is 2. The van der Waals surface area contributed by atoms with Crippen LogP contribution in [0.5, 0.6) is 5.75 Å². The highest BCUT2D eigenvalue weighted by atomic mass is 35.5. The Morgan fingerprint density at radius 1 is 1.00 bits per heavy atom. The normalized spacial score (nSPS) is 10.9. The summed E-state index contributed by atoms with van der Waals surface area (Å²) in [5.74, 6) is -3.19. The van der Waals surface area contributed by atoms with Crippen LogP contribution in [0.15, 0.2) is 72.4 Å². The summed E-state index contributed by atoms with van der Waals surface area (Å²) in [5.41, 5.74) is -0.215. The van der Waals surface area contributed by atoms with E-state index in [0.717, 1.165) is 12.1 Å². The van der Waals surface area contributed by atoms with Crippen LogP contribution in [0.3, 0.4) is 0 Å². The van der Waals surface area contributed by atoms with Crippen LogP contribution in [0.2, 0.25) is 5.02 Å². The van der Waals surface area contributed by atoms with Crippen molar-refractivity contribution in [2.75, 3.05) is 12.4 Å². The van der Waals surface area contributed by atoms with Gasteiger partial charge in [0.1, 0.15) is 17.3 Å². The third kappa shape index (κ3) is 5.75. The van der Waals surface area contributed by atoms with Crippen molar-refractivity contribution >= 4 is 41.1 Å². The van der Waals surface area contributed by atoms with Gasteiger partial charge in [0.2, 0.25) is 0 Å². The van der Waals surface area contributed by atoms with Crippen molar-refractivity contribution in [2.24, 2.45) is 0 Å². The molecular weight excluding hydrogens is 451 g/mol. The van der Waals surface area contributed by atoms with Crippen LogP contribution in [-0.4, -0.2) is 30.0 Å². The Morgan fingerprint density at radius 2 is 1.73 bits per heavy atom. The van der Waals surface area contributed by atoms with Crippen LogP contribution in [-0.2, 0) is 4.79 Å². The number of ether oxygens (including phenoxy) is 1. The summed E-state index contributed by atoms with van der Waals surface area (Å²) in [7, 11) is 1.35. The number of aromatic carboxylic acids is 1. The third-order valence-electron chi connectivity index (χ3n) is 4.51. The molecule has 3 N–H and O–H groups in total. The molecule has 0 atom stereocenters. The van der Waals surface area contributed by atoms with E-state index in [-0.39, 0.29) is 38.8 Å². The topological polar surface area (TPSA) is 105 Å². The first-order valence-electron chi connectivity index (χ1n) is 9.55. The van der Waals surface area contributed by atoms with Gasteiger partial charge >= 0.3 is 5.97 Å². The number of benzene rings is 3. The fourth-order valence-electron chi connectivity index (χ4n) is 2.86. The maximum absolute atomic E-state index is 14.4. The van der Waals surface area contributed by atoms with Gasteiger partial charge in [0.15, 0.2) is 0 Å². The highest BCUT2D eigenvalue weighted by molar-refractivity contribution is 6.32. The molecule has 0 saturated carbocycles. The van der Waals surface area contributed by atoms with Gasteiger partial charge in [-0.2, -0.15) is 0 Å². The first-order valence-corrected chi connectivity index (χ1v) is 9.92. The molecule has 0 aliphatic carbocycles. The highest BCUT2D eigenvalue weighted by Gasteiger charge is 2.19. The largest absolute Gasteiger partial charge is 0.495 e. The summed E-state index contributed by atoms with van der Waals surface area (Å²) in [6.07, 6.45) is 1.10. The lowest BCUT2D eigenvalue weighted by Crippen LogP contribution is -2.31. The molecule has 0 spiro atoms. The predicted octanol–water partition coefficient (Wildman–Crippen LogP) is 4.60. The minimum Gasteiger partial charge on any atom is -0.495 e. The number of rotatable bonds is 7. The van der Waals surface area contributed by atoms with E-state index in [1.54, 1.807) is 30.3 Å². The van der Waals surface area contributed by atoms with Crippen LogP contribution < -0.4 is 15.4 Å². The van der Waals surface area contributed by atoms with Crippen LogP contribution in [0.25, 0.3) is 6.08 Å². The number of anilines is 1. The molecule has 7 nitrogen and oxygen atoms in total. The maximum Gasteiger partial charge on any atom is 0.335 e. The summed E-state index contributed by atoms with van der Waals surface area (Å²) < 4.78 is 19.5. The van der Waals surface area contributed by atoms with Crippen LogP contribution in [0, 0.1) is 5.82 Å². The molecule has 168 valence electrons. The van der Waals surface area contributed by atoms with Gasteiger partial charge in [-0.05, 0) is 48.5 Å². The number of carboxylic acid groups (broad SMARTS) is 1. The Kier molecular flexibility index (Phi) is 7.42. The maximum atomic E-state index is 14.4. The molecule has 2 amide bonds. The first-order chi connectivity index (χ1) is 15.8.